The monoisotopic (exact) mass is 214 g/mol. The molecule has 86 valence electrons. The molecule has 2 heterocycles. The van der Waals surface area contributed by atoms with E-state index in [1.807, 2.05) is 0 Å². The van der Waals surface area contributed by atoms with E-state index in [-0.39, 0.29) is 12.2 Å². The first-order valence-electron chi connectivity index (χ1n) is 5.91. The lowest BCUT2D eigenvalue weighted by atomic mass is 9.94. The van der Waals surface area contributed by atoms with E-state index in [4.69, 9.17) is 14.2 Å². The van der Waals surface area contributed by atoms with E-state index in [0.29, 0.717) is 13.2 Å². The minimum Gasteiger partial charge on any atom is -0.388 e. The molecule has 3 rings (SSSR count). The fraction of sp³-hybridized carbons (Fsp3) is 1.00. The van der Waals surface area contributed by atoms with Crippen molar-refractivity contribution in [1.29, 1.82) is 0 Å². The third kappa shape index (κ3) is 1.69. The summed E-state index contributed by atoms with van der Waals surface area (Å²) in [5, 5.41) is 9.76. The SMILES string of the molecule is O[C@H]1COCC2OC3(CCCCC3)O[C@H]21. The summed E-state index contributed by atoms with van der Waals surface area (Å²) < 4.78 is 17.2. The zero-order valence-electron chi connectivity index (χ0n) is 8.85. The molecule has 3 fully saturated rings. The Hall–Kier alpha value is -0.160. The Bertz CT molecular complexity index is 237. The molecule has 0 amide bonds. The molecule has 1 saturated carbocycles. The molecule has 3 aliphatic rings. The van der Waals surface area contributed by atoms with Crippen molar-refractivity contribution in [1.82, 2.24) is 0 Å². The molecular formula is C11H18O4. The lowest BCUT2D eigenvalue weighted by molar-refractivity contribution is -0.197. The molecule has 2 aliphatic heterocycles. The van der Waals surface area contributed by atoms with Crippen LogP contribution in [0.4, 0.5) is 0 Å². The minimum atomic E-state index is -0.523. The van der Waals surface area contributed by atoms with Crippen molar-refractivity contribution in [2.24, 2.45) is 0 Å². The number of hydrogen-bond acceptors (Lipinski definition) is 4. The van der Waals surface area contributed by atoms with Crippen molar-refractivity contribution in [3.05, 3.63) is 0 Å². The highest BCUT2D eigenvalue weighted by atomic mass is 16.8. The van der Waals surface area contributed by atoms with Gasteiger partial charge in [0.05, 0.1) is 13.2 Å². The predicted molar refractivity (Wildman–Crippen MR) is 52.4 cm³/mol. The Labute approximate surface area is 89.5 Å². The first kappa shape index (κ1) is 10.0. The molecule has 1 unspecified atom stereocenters. The molecule has 1 N–H and O–H groups in total. The van der Waals surface area contributed by atoms with Gasteiger partial charge in [-0.1, -0.05) is 6.42 Å². The molecule has 4 nitrogen and oxygen atoms in total. The fourth-order valence-electron chi connectivity index (χ4n) is 2.88. The van der Waals surface area contributed by atoms with Crippen molar-refractivity contribution in [2.45, 2.75) is 56.2 Å². The Balaban J connectivity index is 1.74. The van der Waals surface area contributed by atoms with Gasteiger partial charge in [-0.3, -0.25) is 0 Å². The zero-order chi connectivity index (χ0) is 10.3. The summed E-state index contributed by atoms with van der Waals surface area (Å²) in [6, 6.07) is 0. The topological polar surface area (TPSA) is 47.9 Å². The maximum atomic E-state index is 9.76. The Kier molecular flexibility index (Phi) is 2.47. The van der Waals surface area contributed by atoms with Crippen LogP contribution in [0.3, 0.4) is 0 Å². The summed E-state index contributed by atoms with van der Waals surface area (Å²) >= 11 is 0. The van der Waals surface area contributed by atoms with E-state index in [0.717, 1.165) is 25.7 Å². The van der Waals surface area contributed by atoms with Crippen LogP contribution in [-0.4, -0.2) is 42.4 Å². The van der Waals surface area contributed by atoms with Crippen molar-refractivity contribution in [2.75, 3.05) is 13.2 Å². The smallest absolute Gasteiger partial charge is 0.169 e. The van der Waals surface area contributed by atoms with Crippen molar-refractivity contribution in [3.8, 4) is 0 Å². The van der Waals surface area contributed by atoms with E-state index in [1.54, 1.807) is 0 Å². The summed E-state index contributed by atoms with van der Waals surface area (Å²) in [5.41, 5.74) is 0. The molecule has 4 heteroatoms. The highest BCUT2D eigenvalue weighted by Crippen LogP contribution is 2.42. The lowest BCUT2D eigenvalue weighted by Crippen LogP contribution is -2.45. The molecule has 0 aromatic heterocycles. The summed E-state index contributed by atoms with van der Waals surface area (Å²) in [7, 11) is 0. The third-order valence-electron chi connectivity index (χ3n) is 3.65. The normalized spacial score (nSPS) is 44.2. The second kappa shape index (κ2) is 3.70. The lowest BCUT2D eigenvalue weighted by Gasteiger charge is -2.32. The first-order chi connectivity index (χ1) is 7.29. The largest absolute Gasteiger partial charge is 0.388 e. The highest BCUT2D eigenvalue weighted by molar-refractivity contribution is 4.93. The standard InChI is InChI=1S/C11H18O4/c12-8-6-13-7-9-10(8)15-11(14-9)4-2-1-3-5-11/h8-10,12H,1-7H2/t8-,9?,10-/m0/s1. The second-order valence-electron chi connectivity index (χ2n) is 4.81. The number of rotatable bonds is 0. The number of ether oxygens (including phenoxy) is 3. The van der Waals surface area contributed by atoms with Crippen LogP contribution in [-0.2, 0) is 14.2 Å². The van der Waals surface area contributed by atoms with Gasteiger partial charge in [0.2, 0.25) is 0 Å². The summed E-state index contributed by atoms with van der Waals surface area (Å²) in [4.78, 5) is 0. The quantitative estimate of drug-likeness (QED) is 0.648. The van der Waals surface area contributed by atoms with Crippen LogP contribution in [0.15, 0.2) is 0 Å². The van der Waals surface area contributed by atoms with Crippen LogP contribution in [0.5, 0.6) is 0 Å². The molecule has 3 atom stereocenters. The summed E-state index contributed by atoms with van der Waals surface area (Å²) in [6.45, 7) is 0.935. The second-order valence-corrected chi connectivity index (χ2v) is 4.81. The van der Waals surface area contributed by atoms with Gasteiger partial charge < -0.3 is 19.3 Å². The molecule has 1 aliphatic carbocycles. The van der Waals surface area contributed by atoms with E-state index >= 15 is 0 Å². The van der Waals surface area contributed by atoms with E-state index in [9.17, 15) is 5.11 Å². The Morgan fingerprint density at radius 1 is 1.00 bits per heavy atom. The van der Waals surface area contributed by atoms with Gasteiger partial charge in [0.1, 0.15) is 18.3 Å². The van der Waals surface area contributed by atoms with Crippen molar-refractivity contribution >= 4 is 0 Å². The van der Waals surface area contributed by atoms with Gasteiger partial charge in [-0.2, -0.15) is 0 Å². The van der Waals surface area contributed by atoms with Crippen LogP contribution in [0, 0.1) is 0 Å². The van der Waals surface area contributed by atoms with Gasteiger partial charge in [-0.25, -0.2) is 0 Å². The number of aliphatic hydroxyl groups is 1. The summed E-state index contributed by atoms with van der Waals surface area (Å²) in [5.74, 6) is -0.401. The van der Waals surface area contributed by atoms with Crippen molar-refractivity contribution in [3.63, 3.8) is 0 Å². The average molecular weight is 214 g/mol. The molecule has 0 aromatic carbocycles. The number of fused-ring (bicyclic) bond motifs is 1. The van der Waals surface area contributed by atoms with Crippen LogP contribution in [0.1, 0.15) is 32.1 Å². The van der Waals surface area contributed by atoms with Crippen molar-refractivity contribution < 1.29 is 19.3 Å². The van der Waals surface area contributed by atoms with Crippen LogP contribution >= 0.6 is 0 Å². The third-order valence-corrected chi connectivity index (χ3v) is 3.65. The van der Waals surface area contributed by atoms with Gasteiger partial charge in [0.15, 0.2) is 5.79 Å². The molecule has 0 aromatic rings. The molecule has 2 saturated heterocycles. The predicted octanol–water partition coefficient (Wildman–Crippen LogP) is 0.822. The van der Waals surface area contributed by atoms with Gasteiger partial charge >= 0.3 is 0 Å². The average Bonchev–Trinajstić information content (AvgIpc) is 2.59. The maximum absolute atomic E-state index is 9.76. The number of hydrogen-bond donors (Lipinski definition) is 1. The van der Waals surface area contributed by atoms with Gasteiger partial charge in [0, 0.05) is 12.8 Å². The van der Waals surface area contributed by atoms with E-state index in [1.165, 1.54) is 6.42 Å². The maximum Gasteiger partial charge on any atom is 0.169 e. The first-order valence-corrected chi connectivity index (χ1v) is 5.91. The highest BCUT2D eigenvalue weighted by Gasteiger charge is 2.51. The van der Waals surface area contributed by atoms with Crippen LogP contribution < -0.4 is 0 Å². The van der Waals surface area contributed by atoms with Gasteiger partial charge in [-0.15, -0.1) is 0 Å². The minimum absolute atomic E-state index is 0.0631. The molecule has 0 bridgehead atoms. The molecule has 1 spiro atoms. The fourth-order valence-corrected chi connectivity index (χ4v) is 2.88. The molecular weight excluding hydrogens is 196 g/mol. The van der Waals surface area contributed by atoms with E-state index in [2.05, 4.69) is 0 Å². The van der Waals surface area contributed by atoms with Crippen LogP contribution in [0.25, 0.3) is 0 Å². The Morgan fingerprint density at radius 3 is 2.53 bits per heavy atom. The van der Waals surface area contributed by atoms with E-state index < -0.39 is 11.9 Å². The Morgan fingerprint density at radius 2 is 1.80 bits per heavy atom. The summed E-state index contributed by atoms with van der Waals surface area (Å²) in [6.07, 6.45) is 4.77. The number of aliphatic hydroxyl groups excluding tert-OH is 1. The zero-order valence-corrected chi connectivity index (χ0v) is 8.85. The molecule has 15 heavy (non-hydrogen) atoms. The van der Waals surface area contributed by atoms with Gasteiger partial charge in [-0.05, 0) is 12.8 Å². The molecule has 0 radical (unpaired) electrons. The van der Waals surface area contributed by atoms with Gasteiger partial charge in [0.25, 0.3) is 0 Å². The van der Waals surface area contributed by atoms with Crippen LogP contribution in [0.2, 0.25) is 0 Å².